The fourth-order valence-corrected chi connectivity index (χ4v) is 1.98. The third-order valence-electron chi connectivity index (χ3n) is 3.29. The molecule has 1 aromatic carbocycles. The van der Waals surface area contributed by atoms with E-state index in [9.17, 15) is 4.79 Å². The number of nitrogens with one attached hydrogen (secondary N) is 2. The van der Waals surface area contributed by atoms with Gasteiger partial charge in [-0.3, -0.25) is 9.78 Å². The van der Waals surface area contributed by atoms with Crippen molar-refractivity contribution in [3.05, 3.63) is 54.0 Å². The van der Waals surface area contributed by atoms with Gasteiger partial charge < -0.3 is 10.6 Å². The van der Waals surface area contributed by atoms with Gasteiger partial charge in [-0.05, 0) is 23.1 Å². The van der Waals surface area contributed by atoms with E-state index in [4.69, 9.17) is 0 Å². The van der Waals surface area contributed by atoms with Crippen LogP contribution in [0.5, 0.6) is 0 Å². The van der Waals surface area contributed by atoms with Gasteiger partial charge in [0.25, 0.3) is 5.91 Å². The Kier molecular flexibility index (Phi) is 5.09. The highest BCUT2D eigenvalue weighted by Gasteiger charge is 2.14. The minimum atomic E-state index is -0.0681. The van der Waals surface area contributed by atoms with Crippen molar-refractivity contribution >= 4 is 11.7 Å². The standard InChI is InChI=1S/C17H22N4O/c1-17(2,3)14-6-4-13(5-7-14)16(22)21-11-10-20-15-12-18-8-9-19-15/h4-9,12H,10-11H2,1-3H3,(H,19,20)(H,21,22). The van der Waals surface area contributed by atoms with Crippen molar-refractivity contribution in [3.8, 4) is 0 Å². The van der Waals surface area contributed by atoms with Gasteiger partial charge >= 0.3 is 0 Å². The molecule has 0 aliphatic carbocycles. The van der Waals surface area contributed by atoms with E-state index in [0.717, 1.165) is 0 Å². The van der Waals surface area contributed by atoms with Crippen LogP contribution in [-0.2, 0) is 5.41 Å². The van der Waals surface area contributed by atoms with Crippen molar-refractivity contribution in [1.29, 1.82) is 0 Å². The van der Waals surface area contributed by atoms with E-state index in [0.29, 0.717) is 24.5 Å². The Balaban J connectivity index is 1.80. The molecule has 5 heteroatoms. The largest absolute Gasteiger partial charge is 0.367 e. The highest BCUT2D eigenvalue weighted by atomic mass is 16.1. The summed E-state index contributed by atoms with van der Waals surface area (Å²) in [4.78, 5) is 20.1. The maximum Gasteiger partial charge on any atom is 0.251 e. The zero-order valence-corrected chi connectivity index (χ0v) is 13.3. The zero-order valence-electron chi connectivity index (χ0n) is 13.3. The van der Waals surface area contributed by atoms with E-state index in [-0.39, 0.29) is 11.3 Å². The average Bonchev–Trinajstić information content (AvgIpc) is 2.52. The van der Waals surface area contributed by atoms with Crippen LogP contribution in [0.25, 0.3) is 0 Å². The summed E-state index contributed by atoms with van der Waals surface area (Å²) in [7, 11) is 0. The maximum absolute atomic E-state index is 12.1. The lowest BCUT2D eigenvalue weighted by molar-refractivity contribution is 0.0955. The lowest BCUT2D eigenvalue weighted by atomic mass is 9.87. The second-order valence-electron chi connectivity index (χ2n) is 6.10. The summed E-state index contributed by atoms with van der Waals surface area (Å²) in [6.07, 6.45) is 4.89. The molecular weight excluding hydrogens is 276 g/mol. The first kappa shape index (κ1) is 15.9. The number of carbonyl (C=O) groups excluding carboxylic acids is 1. The first-order valence-corrected chi connectivity index (χ1v) is 7.35. The number of benzene rings is 1. The first-order chi connectivity index (χ1) is 10.5. The minimum absolute atomic E-state index is 0.0681. The van der Waals surface area contributed by atoms with Crippen molar-refractivity contribution in [1.82, 2.24) is 15.3 Å². The van der Waals surface area contributed by atoms with E-state index in [1.54, 1.807) is 18.6 Å². The second-order valence-corrected chi connectivity index (χ2v) is 6.10. The van der Waals surface area contributed by atoms with Crippen LogP contribution < -0.4 is 10.6 Å². The lowest BCUT2D eigenvalue weighted by Crippen LogP contribution is -2.29. The fourth-order valence-electron chi connectivity index (χ4n) is 1.98. The molecule has 0 atom stereocenters. The highest BCUT2D eigenvalue weighted by Crippen LogP contribution is 2.22. The topological polar surface area (TPSA) is 66.9 Å². The molecule has 0 aliphatic rings. The van der Waals surface area contributed by atoms with Gasteiger partial charge in [-0.2, -0.15) is 0 Å². The van der Waals surface area contributed by atoms with Crippen molar-refractivity contribution in [2.75, 3.05) is 18.4 Å². The number of amides is 1. The minimum Gasteiger partial charge on any atom is -0.367 e. The second kappa shape index (κ2) is 7.02. The van der Waals surface area contributed by atoms with Crippen molar-refractivity contribution in [3.63, 3.8) is 0 Å². The molecule has 0 saturated heterocycles. The number of nitrogens with zero attached hydrogens (tertiary/aromatic N) is 2. The Morgan fingerprint density at radius 2 is 1.82 bits per heavy atom. The average molecular weight is 298 g/mol. The van der Waals surface area contributed by atoms with Crippen LogP contribution in [0.1, 0.15) is 36.7 Å². The third kappa shape index (κ3) is 4.55. The number of hydrogen-bond acceptors (Lipinski definition) is 4. The van der Waals surface area contributed by atoms with Gasteiger partial charge in [0.15, 0.2) is 0 Å². The van der Waals surface area contributed by atoms with Crippen LogP contribution in [0.15, 0.2) is 42.9 Å². The van der Waals surface area contributed by atoms with E-state index in [1.807, 2.05) is 24.3 Å². The van der Waals surface area contributed by atoms with E-state index < -0.39 is 0 Å². The summed E-state index contributed by atoms with van der Waals surface area (Å²) in [5.74, 6) is 0.632. The molecule has 2 rings (SSSR count). The van der Waals surface area contributed by atoms with Crippen molar-refractivity contribution in [2.45, 2.75) is 26.2 Å². The molecule has 22 heavy (non-hydrogen) atoms. The Hall–Kier alpha value is -2.43. The smallest absolute Gasteiger partial charge is 0.251 e. The Morgan fingerprint density at radius 1 is 1.09 bits per heavy atom. The zero-order chi connectivity index (χ0) is 16.0. The number of aromatic nitrogens is 2. The van der Waals surface area contributed by atoms with Crippen molar-refractivity contribution in [2.24, 2.45) is 0 Å². The maximum atomic E-state index is 12.1. The molecule has 1 aromatic heterocycles. The molecule has 1 heterocycles. The lowest BCUT2D eigenvalue weighted by Gasteiger charge is -2.19. The summed E-state index contributed by atoms with van der Waals surface area (Å²) in [6, 6.07) is 7.75. The number of rotatable bonds is 5. The Morgan fingerprint density at radius 3 is 2.41 bits per heavy atom. The molecular formula is C17H22N4O. The quantitative estimate of drug-likeness (QED) is 0.833. The molecule has 2 N–H and O–H groups in total. The molecule has 0 fully saturated rings. The normalized spacial score (nSPS) is 11.0. The molecule has 2 aromatic rings. The summed E-state index contributed by atoms with van der Waals surface area (Å²) >= 11 is 0. The molecule has 0 saturated carbocycles. The van der Waals surface area contributed by atoms with Gasteiger partial charge in [0.05, 0.1) is 6.20 Å². The van der Waals surface area contributed by atoms with Crippen LogP contribution in [0, 0.1) is 0 Å². The molecule has 0 unspecified atom stereocenters. The molecule has 0 spiro atoms. The molecule has 1 amide bonds. The molecule has 0 radical (unpaired) electrons. The number of anilines is 1. The third-order valence-corrected chi connectivity index (χ3v) is 3.29. The number of hydrogen-bond donors (Lipinski definition) is 2. The van der Waals surface area contributed by atoms with Crippen LogP contribution in [0.2, 0.25) is 0 Å². The van der Waals surface area contributed by atoms with Crippen LogP contribution in [-0.4, -0.2) is 29.0 Å². The van der Waals surface area contributed by atoms with Gasteiger partial charge in [0.2, 0.25) is 0 Å². The van der Waals surface area contributed by atoms with Crippen molar-refractivity contribution < 1.29 is 4.79 Å². The highest BCUT2D eigenvalue weighted by molar-refractivity contribution is 5.94. The summed E-state index contributed by atoms with van der Waals surface area (Å²) in [5.41, 5.74) is 1.98. The predicted octanol–water partition coefficient (Wildman–Crippen LogP) is 2.62. The molecule has 116 valence electrons. The summed E-state index contributed by atoms with van der Waals surface area (Å²) in [6.45, 7) is 7.58. The monoisotopic (exact) mass is 298 g/mol. The molecule has 0 aliphatic heterocycles. The van der Waals surface area contributed by atoms with Gasteiger partial charge in [0.1, 0.15) is 5.82 Å². The fraction of sp³-hybridized carbons (Fsp3) is 0.353. The SMILES string of the molecule is CC(C)(C)c1ccc(C(=O)NCCNc2cnccn2)cc1. The molecule has 0 bridgehead atoms. The van der Waals surface area contributed by atoms with Gasteiger partial charge in [-0.15, -0.1) is 0 Å². The first-order valence-electron chi connectivity index (χ1n) is 7.35. The van der Waals surface area contributed by atoms with Gasteiger partial charge in [0, 0.05) is 31.0 Å². The van der Waals surface area contributed by atoms with Gasteiger partial charge in [-0.25, -0.2) is 4.98 Å². The molecule has 5 nitrogen and oxygen atoms in total. The number of carbonyl (C=O) groups is 1. The van der Waals surface area contributed by atoms with E-state index in [2.05, 4.69) is 41.4 Å². The van der Waals surface area contributed by atoms with E-state index >= 15 is 0 Å². The van der Waals surface area contributed by atoms with Crippen LogP contribution >= 0.6 is 0 Å². The summed E-state index contributed by atoms with van der Waals surface area (Å²) in [5, 5.41) is 5.97. The Bertz CT molecular complexity index is 603. The summed E-state index contributed by atoms with van der Waals surface area (Å²) < 4.78 is 0. The predicted molar refractivity (Wildman–Crippen MR) is 88.0 cm³/mol. The van der Waals surface area contributed by atoms with Gasteiger partial charge in [-0.1, -0.05) is 32.9 Å². The van der Waals surface area contributed by atoms with Crippen LogP contribution in [0.4, 0.5) is 5.82 Å². The Labute approximate surface area is 131 Å². The van der Waals surface area contributed by atoms with E-state index in [1.165, 1.54) is 5.56 Å². The van der Waals surface area contributed by atoms with Crippen LogP contribution in [0.3, 0.4) is 0 Å².